The number of ether oxygens (including phenoxy) is 1. The molecule has 6 heteroatoms. The molecule has 2 amide bonds. The highest BCUT2D eigenvalue weighted by Gasteiger charge is 2.28. The molecule has 1 atom stereocenters. The Morgan fingerprint density at radius 3 is 2.11 bits per heavy atom. The summed E-state index contributed by atoms with van der Waals surface area (Å²) >= 11 is 0. The van der Waals surface area contributed by atoms with E-state index in [1.165, 1.54) is 7.11 Å². The first-order valence-electron chi connectivity index (χ1n) is 6.28. The normalized spacial score (nSPS) is 18.1. The fourth-order valence-electron chi connectivity index (χ4n) is 1.89. The highest BCUT2D eigenvalue weighted by atomic mass is 16.5. The van der Waals surface area contributed by atoms with E-state index >= 15 is 0 Å². The Morgan fingerprint density at radius 1 is 1.17 bits per heavy atom. The smallest absolute Gasteiger partial charge is 0.248 e. The number of nitrogens with zero attached hydrogens (tertiary/aromatic N) is 2. The molecule has 1 saturated heterocycles. The van der Waals surface area contributed by atoms with Crippen LogP contribution in [0.5, 0.6) is 0 Å². The van der Waals surface area contributed by atoms with Crippen LogP contribution < -0.4 is 5.73 Å². The number of rotatable bonds is 4. The predicted octanol–water partition coefficient (Wildman–Crippen LogP) is -0.713. The lowest BCUT2D eigenvalue weighted by atomic mass is 10.0. The predicted molar refractivity (Wildman–Crippen MR) is 67.8 cm³/mol. The van der Waals surface area contributed by atoms with Crippen LogP contribution in [0.15, 0.2) is 0 Å². The molecule has 1 heterocycles. The lowest BCUT2D eigenvalue weighted by Crippen LogP contribution is -2.55. The second-order valence-corrected chi connectivity index (χ2v) is 4.91. The summed E-state index contributed by atoms with van der Waals surface area (Å²) < 4.78 is 4.81. The molecule has 0 aromatic heterocycles. The van der Waals surface area contributed by atoms with Crippen molar-refractivity contribution in [2.24, 2.45) is 11.7 Å². The van der Waals surface area contributed by atoms with Crippen molar-refractivity contribution in [3.8, 4) is 0 Å². The maximum atomic E-state index is 12.0. The summed E-state index contributed by atoms with van der Waals surface area (Å²) in [7, 11) is 1.50. The maximum Gasteiger partial charge on any atom is 0.248 e. The fourth-order valence-corrected chi connectivity index (χ4v) is 1.89. The van der Waals surface area contributed by atoms with E-state index in [4.69, 9.17) is 10.5 Å². The van der Waals surface area contributed by atoms with Gasteiger partial charge in [-0.1, -0.05) is 13.8 Å². The zero-order valence-electron chi connectivity index (χ0n) is 11.4. The molecule has 0 spiro atoms. The molecule has 18 heavy (non-hydrogen) atoms. The Balaban J connectivity index is 2.44. The first kappa shape index (κ1) is 14.9. The quantitative estimate of drug-likeness (QED) is 0.721. The summed E-state index contributed by atoms with van der Waals surface area (Å²) in [5.74, 6) is 0.0762. The van der Waals surface area contributed by atoms with Gasteiger partial charge < -0.3 is 20.3 Å². The molecule has 104 valence electrons. The van der Waals surface area contributed by atoms with Gasteiger partial charge in [-0.2, -0.15) is 0 Å². The minimum Gasteiger partial charge on any atom is -0.375 e. The van der Waals surface area contributed by atoms with E-state index in [-0.39, 0.29) is 24.3 Å². The average Bonchev–Trinajstić information content (AvgIpc) is 2.37. The fraction of sp³-hybridized carbons (Fsp3) is 0.833. The highest BCUT2D eigenvalue weighted by Crippen LogP contribution is 2.08. The summed E-state index contributed by atoms with van der Waals surface area (Å²) in [6.07, 6.45) is 0. The van der Waals surface area contributed by atoms with Crippen molar-refractivity contribution in [3.05, 3.63) is 0 Å². The molecular formula is C12H23N3O3. The maximum absolute atomic E-state index is 12.0. The molecule has 1 aliphatic heterocycles. The van der Waals surface area contributed by atoms with Crippen LogP contribution in [0.3, 0.4) is 0 Å². The van der Waals surface area contributed by atoms with Gasteiger partial charge in [0.2, 0.25) is 11.8 Å². The van der Waals surface area contributed by atoms with Crippen LogP contribution >= 0.6 is 0 Å². The van der Waals surface area contributed by atoms with Crippen molar-refractivity contribution in [1.29, 1.82) is 0 Å². The highest BCUT2D eigenvalue weighted by molar-refractivity contribution is 5.82. The summed E-state index contributed by atoms with van der Waals surface area (Å²) in [5, 5.41) is 0. The zero-order chi connectivity index (χ0) is 13.7. The van der Waals surface area contributed by atoms with E-state index in [0.29, 0.717) is 26.2 Å². The SMILES string of the molecule is COCC(=O)N1CCN(C(=O)[C@H](N)C(C)C)CC1. The van der Waals surface area contributed by atoms with Gasteiger partial charge in [-0.3, -0.25) is 9.59 Å². The average molecular weight is 257 g/mol. The molecule has 0 bridgehead atoms. The summed E-state index contributed by atoms with van der Waals surface area (Å²) in [5.41, 5.74) is 5.84. The van der Waals surface area contributed by atoms with Gasteiger partial charge >= 0.3 is 0 Å². The van der Waals surface area contributed by atoms with E-state index in [9.17, 15) is 9.59 Å². The van der Waals surface area contributed by atoms with Gasteiger partial charge in [0.1, 0.15) is 6.61 Å². The number of amides is 2. The standard InChI is InChI=1S/C12H23N3O3/c1-9(2)11(13)12(17)15-6-4-14(5-7-15)10(16)8-18-3/h9,11H,4-8,13H2,1-3H3/t11-/m1/s1. The Hall–Kier alpha value is -1.14. The number of carbonyl (C=O) groups excluding carboxylic acids is 2. The van der Waals surface area contributed by atoms with Crippen LogP contribution in [0.1, 0.15) is 13.8 Å². The minimum absolute atomic E-state index is 0.0242. The topological polar surface area (TPSA) is 75.9 Å². The Bertz CT molecular complexity index is 299. The summed E-state index contributed by atoms with van der Waals surface area (Å²) in [4.78, 5) is 27.1. The molecule has 1 rings (SSSR count). The number of carbonyl (C=O) groups is 2. The van der Waals surface area contributed by atoms with Crippen LogP contribution in [0.2, 0.25) is 0 Å². The third-order valence-corrected chi connectivity index (χ3v) is 3.22. The molecule has 0 radical (unpaired) electrons. The lowest BCUT2D eigenvalue weighted by molar-refractivity contribution is -0.142. The first-order valence-corrected chi connectivity index (χ1v) is 6.28. The molecule has 0 aliphatic carbocycles. The molecule has 0 unspecified atom stereocenters. The van der Waals surface area contributed by atoms with Gasteiger partial charge in [0.25, 0.3) is 0 Å². The second-order valence-electron chi connectivity index (χ2n) is 4.91. The van der Waals surface area contributed by atoms with Crippen LogP contribution in [0.4, 0.5) is 0 Å². The van der Waals surface area contributed by atoms with Crippen LogP contribution in [0, 0.1) is 5.92 Å². The summed E-state index contributed by atoms with van der Waals surface area (Å²) in [6, 6.07) is -0.453. The second kappa shape index (κ2) is 6.70. The largest absolute Gasteiger partial charge is 0.375 e. The number of methoxy groups -OCH3 is 1. The van der Waals surface area contributed by atoms with Crippen molar-refractivity contribution in [2.45, 2.75) is 19.9 Å². The van der Waals surface area contributed by atoms with Gasteiger partial charge in [-0.15, -0.1) is 0 Å². The van der Waals surface area contributed by atoms with Crippen LogP contribution in [-0.4, -0.2) is 67.6 Å². The third-order valence-electron chi connectivity index (χ3n) is 3.22. The van der Waals surface area contributed by atoms with Crippen molar-refractivity contribution in [3.63, 3.8) is 0 Å². The van der Waals surface area contributed by atoms with Crippen molar-refractivity contribution in [1.82, 2.24) is 9.80 Å². The molecule has 1 aliphatic rings. The molecule has 6 nitrogen and oxygen atoms in total. The number of nitrogens with two attached hydrogens (primary N) is 1. The Kier molecular flexibility index (Phi) is 5.55. The minimum atomic E-state index is -0.453. The van der Waals surface area contributed by atoms with Gasteiger partial charge in [0.05, 0.1) is 6.04 Å². The van der Waals surface area contributed by atoms with E-state index in [2.05, 4.69) is 0 Å². The van der Waals surface area contributed by atoms with Gasteiger partial charge in [0, 0.05) is 33.3 Å². The molecular weight excluding hydrogens is 234 g/mol. The zero-order valence-corrected chi connectivity index (χ0v) is 11.4. The van der Waals surface area contributed by atoms with Crippen molar-refractivity contribution >= 4 is 11.8 Å². The van der Waals surface area contributed by atoms with E-state index < -0.39 is 6.04 Å². The van der Waals surface area contributed by atoms with Gasteiger partial charge in [-0.25, -0.2) is 0 Å². The first-order chi connectivity index (χ1) is 8.47. The summed E-state index contributed by atoms with van der Waals surface area (Å²) in [6.45, 7) is 6.17. The molecule has 0 aromatic carbocycles. The number of piperazine rings is 1. The Labute approximate surface area is 108 Å². The van der Waals surface area contributed by atoms with E-state index in [1.807, 2.05) is 13.8 Å². The van der Waals surface area contributed by atoms with E-state index in [1.54, 1.807) is 9.80 Å². The number of hydrogen-bond acceptors (Lipinski definition) is 4. The van der Waals surface area contributed by atoms with Gasteiger partial charge in [-0.05, 0) is 5.92 Å². The van der Waals surface area contributed by atoms with E-state index in [0.717, 1.165) is 0 Å². The molecule has 2 N–H and O–H groups in total. The Morgan fingerprint density at radius 2 is 1.67 bits per heavy atom. The van der Waals surface area contributed by atoms with Crippen LogP contribution in [-0.2, 0) is 14.3 Å². The van der Waals surface area contributed by atoms with Crippen molar-refractivity contribution in [2.75, 3.05) is 39.9 Å². The molecule has 0 aromatic rings. The monoisotopic (exact) mass is 257 g/mol. The molecule has 1 fully saturated rings. The van der Waals surface area contributed by atoms with Gasteiger partial charge in [0.15, 0.2) is 0 Å². The lowest BCUT2D eigenvalue weighted by Gasteiger charge is -2.36. The van der Waals surface area contributed by atoms with Crippen LogP contribution in [0.25, 0.3) is 0 Å². The molecule has 0 saturated carbocycles. The number of hydrogen-bond donors (Lipinski definition) is 1. The third kappa shape index (κ3) is 3.68. The van der Waals surface area contributed by atoms with Crippen molar-refractivity contribution < 1.29 is 14.3 Å².